The molecule has 1 unspecified atom stereocenters. The van der Waals surface area contributed by atoms with Crippen LogP contribution in [0.4, 0.5) is 0 Å². The van der Waals surface area contributed by atoms with Crippen LogP contribution in [-0.2, 0) is 11.3 Å². The van der Waals surface area contributed by atoms with Crippen molar-refractivity contribution in [3.05, 3.63) is 40.6 Å². The van der Waals surface area contributed by atoms with Gasteiger partial charge in [-0.05, 0) is 31.9 Å². The van der Waals surface area contributed by atoms with Crippen molar-refractivity contribution in [1.29, 1.82) is 0 Å². The molecule has 1 atom stereocenters. The molecule has 128 valence electrons. The third-order valence-corrected chi connectivity index (χ3v) is 5.75. The summed E-state index contributed by atoms with van der Waals surface area (Å²) in [6, 6.07) is 3.86. The molecular formula is C18H23N3O2S. The van der Waals surface area contributed by atoms with Gasteiger partial charge in [0.15, 0.2) is 0 Å². The van der Waals surface area contributed by atoms with E-state index in [2.05, 4.69) is 27.2 Å². The number of hydrogen-bond donors (Lipinski definition) is 0. The number of rotatable bonds is 4. The van der Waals surface area contributed by atoms with E-state index in [0.29, 0.717) is 6.61 Å². The normalized spacial score (nSPS) is 23.6. The summed E-state index contributed by atoms with van der Waals surface area (Å²) in [4.78, 5) is 11.2. The summed E-state index contributed by atoms with van der Waals surface area (Å²) in [5, 5.41) is 3.32. The van der Waals surface area contributed by atoms with Gasteiger partial charge < -0.3 is 9.47 Å². The fourth-order valence-corrected chi connectivity index (χ4v) is 4.27. The van der Waals surface area contributed by atoms with E-state index in [1.165, 1.54) is 5.69 Å². The number of piperidine rings is 1. The molecule has 2 aliphatic heterocycles. The molecule has 0 aromatic carbocycles. The molecule has 0 bridgehead atoms. The minimum absolute atomic E-state index is 0.00136. The monoisotopic (exact) mass is 345 g/mol. The van der Waals surface area contributed by atoms with E-state index in [4.69, 9.17) is 9.47 Å². The summed E-state index contributed by atoms with van der Waals surface area (Å²) < 4.78 is 12.2. The molecule has 2 saturated heterocycles. The Hall–Kier alpha value is -1.50. The van der Waals surface area contributed by atoms with E-state index in [1.54, 1.807) is 23.7 Å². The summed E-state index contributed by atoms with van der Waals surface area (Å²) in [6.07, 6.45) is 6.79. The molecule has 5 nitrogen and oxygen atoms in total. The topological polar surface area (TPSA) is 47.5 Å². The van der Waals surface area contributed by atoms with Crippen LogP contribution in [0.5, 0.6) is 5.75 Å². The van der Waals surface area contributed by atoms with Crippen LogP contribution in [0.2, 0.25) is 0 Å². The first-order valence-electron chi connectivity index (χ1n) is 8.55. The molecule has 4 heterocycles. The predicted molar refractivity (Wildman–Crippen MR) is 93.3 cm³/mol. The molecule has 0 radical (unpaired) electrons. The number of nitrogens with zero attached hydrogens (tertiary/aromatic N) is 3. The Bertz CT molecular complexity index is 668. The van der Waals surface area contributed by atoms with Gasteiger partial charge in [0.1, 0.15) is 11.9 Å². The highest BCUT2D eigenvalue weighted by Gasteiger charge is 2.43. The largest absolute Gasteiger partial charge is 0.486 e. The number of thiazole rings is 1. The van der Waals surface area contributed by atoms with Gasteiger partial charge in [0, 0.05) is 37.6 Å². The van der Waals surface area contributed by atoms with Gasteiger partial charge in [-0.3, -0.25) is 9.88 Å². The minimum Gasteiger partial charge on any atom is -0.486 e. The van der Waals surface area contributed by atoms with Gasteiger partial charge in [0.25, 0.3) is 0 Å². The Morgan fingerprint density at radius 1 is 1.42 bits per heavy atom. The van der Waals surface area contributed by atoms with Crippen molar-refractivity contribution in [2.75, 3.05) is 19.7 Å². The van der Waals surface area contributed by atoms with E-state index < -0.39 is 0 Å². The van der Waals surface area contributed by atoms with Crippen molar-refractivity contribution in [2.24, 2.45) is 0 Å². The van der Waals surface area contributed by atoms with Crippen LogP contribution in [0.25, 0.3) is 0 Å². The SMILES string of the molecule is Cc1nc(CN2CCC3(CC2)CC(Oc2cccnc2)CO3)cs1. The van der Waals surface area contributed by atoms with E-state index in [-0.39, 0.29) is 11.7 Å². The van der Waals surface area contributed by atoms with Crippen molar-refractivity contribution in [3.8, 4) is 5.75 Å². The van der Waals surface area contributed by atoms with E-state index >= 15 is 0 Å². The molecule has 0 amide bonds. The van der Waals surface area contributed by atoms with Gasteiger partial charge in [-0.1, -0.05) is 0 Å². The minimum atomic E-state index is 0.00136. The van der Waals surface area contributed by atoms with Crippen LogP contribution in [0.1, 0.15) is 30.0 Å². The second kappa shape index (κ2) is 6.78. The van der Waals surface area contributed by atoms with E-state index in [0.717, 1.165) is 49.7 Å². The van der Waals surface area contributed by atoms with Crippen molar-refractivity contribution >= 4 is 11.3 Å². The number of likely N-dealkylation sites (tertiary alicyclic amines) is 1. The predicted octanol–water partition coefficient (Wildman–Crippen LogP) is 3.05. The molecular weight excluding hydrogens is 322 g/mol. The summed E-state index contributed by atoms with van der Waals surface area (Å²) >= 11 is 1.73. The summed E-state index contributed by atoms with van der Waals surface area (Å²) in [5.41, 5.74) is 1.19. The molecule has 2 fully saturated rings. The number of hydrogen-bond acceptors (Lipinski definition) is 6. The van der Waals surface area contributed by atoms with Crippen LogP contribution in [0.15, 0.2) is 29.9 Å². The van der Waals surface area contributed by atoms with Gasteiger partial charge in [-0.2, -0.15) is 0 Å². The molecule has 6 heteroatoms. The Labute approximate surface area is 146 Å². The molecule has 4 rings (SSSR count). The van der Waals surface area contributed by atoms with Crippen molar-refractivity contribution in [3.63, 3.8) is 0 Å². The average molecular weight is 345 g/mol. The lowest BCUT2D eigenvalue weighted by molar-refractivity contribution is -0.0456. The first kappa shape index (κ1) is 16.0. The summed E-state index contributed by atoms with van der Waals surface area (Å²) in [5.74, 6) is 0.833. The van der Waals surface area contributed by atoms with Crippen molar-refractivity contribution < 1.29 is 9.47 Å². The number of ether oxygens (including phenoxy) is 2. The van der Waals surface area contributed by atoms with Gasteiger partial charge in [0.05, 0.1) is 29.1 Å². The Morgan fingerprint density at radius 2 is 2.29 bits per heavy atom. The fourth-order valence-electron chi connectivity index (χ4n) is 3.66. The van der Waals surface area contributed by atoms with Crippen LogP contribution in [0.3, 0.4) is 0 Å². The fraction of sp³-hybridized carbons (Fsp3) is 0.556. The summed E-state index contributed by atoms with van der Waals surface area (Å²) in [6.45, 7) is 5.83. The smallest absolute Gasteiger partial charge is 0.138 e. The molecule has 0 aliphatic carbocycles. The molecule has 2 aromatic rings. The molecule has 0 N–H and O–H groups in total. The van der Waals surface area contributed by atoms with Crippen LogP contribution >= 0.6 is 11.3 Å². The molecule has 2 aromatic heterocycles. The van der Waals surface area contributed by atoms with E-state index in [9.17, 15) is 0 Å². The zero-order valence-corrected chi connectivity index (χ0v) is 14.8. The number of pyridine rings is 1. The number of aryl methyl sites for hydroxylation is 1. The highest BCUT2D eigenvalue weighted by Crippen LogP contribution is 2.37. The average Bonchev–Trinajstić information content (AvgIpc) is 3.18. The second-order valence-corrected chi connectivity index (χ2v) is 7.82. The molecule has 1 spiro atoms. The van der Waals surface area contributed by atoms with Gasteiger partial charge >= 0.3 is 0 Å². The third kappa shape index (κ3) is 3.61. The van der Waals surface area contributed by atoms with Crippen molar-refractivity contribution in [1.82, 2.24) is 14.9 Å². The van der Waals surface area contributed by atoms with Gasteiger partial charge in [-0.25, -0.2) is 4.98 Å². The molecule has 2 aliphatic rings. The Morgan fingerprint density at radius 3 is 3.00 bits per heavy atom. The quantitative estimate of drug-likeness (QED) is 0.852. The lowest BCUT2D eigenvalue weighted by Crippen LogP contribution is -2.44. The highest BCUT2D eigenvalue weighted by atomic mass is 32.1. The van der Waals surface area contributed by atoms with Gasteiger partial charge in [0.2, 0.25) is 0 Å². The standard InChI is InChI=1S/C18H23N3O2S/c1-14-20-15(13-24-14)11-21-7-4-18(5-8-21)9-17(12-22-18)23-16-3-2-6-19-10-16/h2-3,6,10,13,17H,4-5,7-9,11-12H2,1H3. The van der Waals surface area contributed by atoms with Crippen molar-refractivity contribution in [2.45, 2.75) is 44.4 Å². The van der Waals surface area contributed by atoms with Crippen LogP contribution in [0, 0.1) is 6.92 Å². The van der Waals surface area contributed by atoms with Crippen LogP contribution in [-0.4, -0.2) is 46.3 Å². The molecule has 0 saturated carbocycles. The Balaban J connectivity index is 1.29. The first-order valence-corrected chi connectivity index (χ1v) is 9.43. The molecule has 24 heavy (non-hydrogen) atoms. The first-order chi connectivity index (χ1) is 11.7. The number of aromatic nitrogens is 2. The maximum Gasteiger partial charge on any atom is 0.138 e. The maximum absolute atomic E-state index is 6.18. The van der Waals surface area contributed by atoms with Crippen LogP contribution < -0.4 is 4.74 Å². The Kier molecular flexibility index (Phi) is 4.52. The lowest BCUT2D eigenvalue weighted by Gasteiger charge is -2.38. The van der Waals surface area contributed by atoms with Gasteiger partial charge in [-0.15, -0.1) is 11.3 Å². The zero-order valence-electron chi connectivity index (χ0n) is 14.0. The zero-order chi connectivity index (χ0) is 16.4. The second-order valence-electron chi connectivity index (χ2n) is 6.76. The lowest BCUT2D eigenvalue weighted by atomic mass is 9.88. The highest BCUT2D eigenvalue weighted by molar-refractivity contribution is 7.09. The summed E-state index contributed by atoms with van der Waals surface area (Å²) in [7, 11) is 0. The third-order valence-electron chi connectivity index (χ3n) is 4.93. The van der Waals surface area contributed by atoms with E-state index in [1.807, 2.05) is 12.1 Å². The maximum atomic E-state index is 6.18.